The second kappa shape index (κ2) is 7.48. The molecular weight excluding hydrogens is 330 g/mol. The third-order valence-electron chi connectivity index (χ3n) is 4.36. The van der Waals surface area contributed by atoms with E-state index in [1.54, 1.807) is 13.8 Å². The number of sulfonamides is 1. The fourth-order valence-corrected chi connectivity index (χ4v) is 4.04. The minimum Gasteiger partial charge on any atom is -0.354 e. The summed E-state index contributed by atoms with van der Waals surface area (Å²) in [4.78, 5) is 27.4. The zero-order valence-corrected chi connectivity index (χ0v) is 15.3. The van der Waals surface area contributed by atoms with Crippen LogP contribution in [0.4, 0.5) is 0 Å². The molecule has 134 valence electrons. The lowest BCUT2D eigenvalue weighted by molar-refractivity contribution is 0.0946. The van der Waals surface area contributed by atoms with Gasteiger partial charge in [0.2, 0.25) is 10.0 Å². The van der Waals surface area contributed by atoms with Crippen LogP contribution in [0.25, 0.3) is 0 Å². The molecule has 0 radical (unpaired) electrons. The van der Waals surface area contributed by atoms with Crippen molar-refractivity contribution in [1.29, 1.82) is 0 Å². The predicted octanol–water partition coefficient (Wildman–Crippen LogP) is 1.24. The van der Waals surface area contributed by atoms with E-state index in [1.807, 2.05) is 0 Å². The normalized spacial score (nSPS) is 14.8. The third-order valence-corrected chi connectivity index (χ3v) is 5.73. The minimum atomic E-state index is -3.21. The Balaban J connectivity index is 1.93. The number of ketones is 1. The number of aromatic nitrogens is 1. The van der Waals surface area contributed by atoms with Crippen LogP contribution in [0, 0.1) is 6.92 Å². The number of hydrogen-bond acceptors (Lipinski definition) is 4. The highest BCUT2D eigenvalue weighted by Gasteiger charge is 2.26. The Morgan fingerprint density at radius 3 is 2.62 bits per heavy atom. The Morgan fingerprint density at radius 2 is 2.04 bits per heavy atom. The van der Waals surface area contributed by atoms with Gasteiger partial charge in [-0.2, -0.15) is 0 Å². The lowest BCUT2D eigenvalue weighted by atomic mass is 9.94. The molecule has 1 aromatic rings. The lowest BCUT2D eigenvalue weighted by Crippen LogP contribution is -2.33. The number of carbonyl (C=O) groups excluding carboxylic acids is 2. The van der Waals surface area contributed by atoms with E-state index in [0.29, 0.717) is 49.3 Å². The number of hydrogen-bond donors (Lipinski definition) is 2. The molecule has 0 aromatic carbocycles. The van der Waals surface area contributed by atoms with E-state index in [9.17, 15) is 18.0 Å². The van der Waals surface area contributed by atoms with Gasteiger partial charge in [0.1, 0.15) is 5.69 Å². The maximum atomic E-state index is 12.3. The fraction of sp³-hybridized carbons (Fsp3) is 0.625. The van der Waals surface area contributed by atoms with Crippen molar-refractivity contribution in [3.63, 3.8) is 0 Å². The summed E-state index contributed by atoms with van der Waals surface area (Å²) in [6.07, 6.45) is 3.84. The number of H-pyrrole nitrogens is 1. The molecule has 0 saturated heterocycles. The van der Waals surface area contributed by atoms with Crippen molar-refractivity contribution in [2.75, 3.05) is 25.9 Å². The molecule has 0 bridgehead atoms. The summed E-state index contributed by atoms with van der Waals surface area (Å²) in [7, 11) is -3.21. The molecule has 24 heavy (non-hydrogen) atoms. The second-order valence-electron chi connectivity index (χ2n) is 6.12. The first-order valence-electron chi connectivity index (χ1n) is 8.23. The molecule has 2 N–H and O–H groups in total. The van der Waals surface area contributed by atoms with Crippen LogP contribution in [-0.4, -0.2) is 55.3 Å². The molecule has 1 aliphatic rings. The summed E-state index contributed by atoms with van der Waals surface area (Å²) in [5, 5.41) is 2.79. The SMILES string of the molecule is CCN(CCCNC(=O)c1[nH]c2c(c1C)C(=O)CCC2)S(C)(=O)=O. The van der Waals surface area contributed by atoms with Crippen molar-refractivity contribution < 1.29 is 18.0 Å². The standard InChI is InChI=1S/C16H25N3O4S/c1-4-19(24(3,22)23)10-6-9-17-16(21)15-11(2)14-12(18-15)7-5-8-13(14)20/h18H,4-10H2,1-3H3,(H,17,21). The number of fused-ring (bicyclic) bond motifs is 1. The van der Waals surface area contributed by atoms with Gasteiger partial charge in [0.25, 0.3) is 5.91 Å². The van der Waals surface area contributed by atoms with E-state index >= 15 is 0 Å². The van der Waals surface area contributed by atoms with Gasteiger partial charge in [-0.3, -0.25) is 9.59 Å². The number of nitrogens with zero attached hydrogens (tertiary/aromatic N) is 1. The lowest BCUT2D eigenvalue weighted by Gasteiger charge is -2.17. The maximum absolute atomic E-state index is 12.3. The predicted molar refractivity (Wildman–Crippen MR) is 91.8 cm³/mol. The van der Waals surface area contributed by atoms with E-state index in [4.69, 9.17) is 0 Å². The fourth-order valence-electron chi connectivity index (χ4n) is 3.11. The molecule has 0 unspecified atom stereocenters. The number of aromatic amines is 1. The van der Waals surface area contributed by atoms with Gasteiger partial charge in [-0.1, -0.05) is 6.92 Å². The largest absolute Gasteiger partial charge is 0.354 e. The van der Waals surface area contributed by atoms with Crippen LogP contribution in [0.1, 0.15) is 58.3 Å². The van der Waals surface area contributed by atoms with Crippen LogP contribution >= 0.6 is 0 Å². The summed E-state index contributed by atoms with van der Waals surface area (Å²) in [6, 6.07) is 0. The number of amides is 1. The number of rotatable bonds is 7. The average molecular weight is 355 g/mol. The van der Waals surface area contributed by atoms with E-state index in [-0.39, 0.29) is 11.7 Å². The highest BCUT2D eigenvalue weighted by Crippen LogP contribution is 2.26. The van der Waals surface area contributed by atoms with Gasteiger partial charge in [-0.15, -0.1) is 0 Å². The van der Waals surface area contributed by atoms with Crippen molar-refractivity contribution in [2.45, 2.75) is 39.5 Å². The summed E-state index contributed by atoms with van der Waals surface area (Å²) in [5.74, 6) is -0.159. The highest BCUT2D eigenvalue weighted by molar-refractivity contribution is 7.88. The Kier molecular flexibility index (Phi) is 5.82. The molecule has 8 heteroatoms. The van der Waals surface area contributed by atoms with Crippen LogP contribution in [0.3, 0.4) is 0 Å². The van der Waals surface area contributed by atoms with E-state index in [0.717, 1.165) is 18.5 Å². The molecule has 0 spiro atoms. The van der Waals surface area contributed by atoms with Crippen molar-refractivity contribution in [3.8, 4) is 0 Å². The first-order valence-corrected chi connectivity index (χ1v) is 10.1. The number of Topliss-reactive ketones (excluding diaryl/α,β-unsaturated/α-hetero) is 1. The first kappa shape index (κ1) is 18.7. The van der Waals surface area contributed by atoms with Crippen LogP contribution < -0.4 is 5.32 Å². The zero-order valence-electron chi connectivity index (χ0n) is 14.4. The molecule has 0 saturated carbocycles. The maximum Gasteiger partial charge on any atom is 0.268 e. The van der Waals surface area contributed by atoms with E-state index < -0.39 is 10.0 Å². The molecule has 1 amide bonds. The average Bonchev–Trinajstić information content (AvgIpc) is 2.84. The second-order valence-corrected chi connectivity index (χ2v) is 8.10. The number of aryl methyl sites for hydroxylation is 1. The summed E-state index contributed by atoms with van der Waals surface area (Å²) < 4.78 is 24.4. The Hall–Kier alpha value is -1.67. The zero-order chi connectivity index (χ0) is 17.9. The third kappa shape index (κ3) is 4.05. The molecular formula is C16H25N3O4S. The number of nitrogens with one attached hydrogen (secondary N) is 2. The summed E-state index contributed by atoms with van der Waals surface area (Å²) >= 11 is 0. The first-order chi connectivity index (χ1) is 11.3. The van der Waals surface area contributed by atoms with Crippen LogP contribution in [-0.2, 0) is 16.4 Å². The number of carbonyl (C=O) groups is 2. The molecule has 1 aromatic heterocycles. The molecule has 7 nitrogen and oxygen atoms in total. The van der Waals surface area contributed by atoms with Gasteiger partial charge in [-0.25, -0.2) is 12.7 Å². The minimum absolute atomic E-state index is 0.0933. The Morgan fingerprint density at radius 1 is 1.33 bits per heavy atom. The van der Waals surface area contributed by atoms with Crippen LogP contribution in [0.2, 0.25) is 0 Å². The molecule has 0 atom stereocenters. The van der Waals surface area contributed by atoms with Gasteiger partial charge < -0.3 is 10.3 Å². The van der Waals surface area contributed by atoms with Crippen LogP contribution in [0.5, 0.6) is 0 Å². The van der Waals surface area contributed by atoms with E-state index in [1.165, 1.54) is 10.6 Å². The van der Waals surface area contributed by atoms with Crippen molar-refractivity contribution in [2.24, 2.45) is 0 Å². The Bertz CT molecular complexity index is 737. The van der Waals surface area contributed by atoms with Gasteiger partial charge in [0.15, 0.2) is 5.78 Å². The molecule has 2 rings (SSSR count). The van der Waals surface area contributed by atoms with Crippen molar-refractivity contribution in [1.82, 2.24) is 14.6 Å². The van der Waals surface area contributed by atoms with Crippen LogP contribution in [0.15, 0.2) is 0 Å². The van der Waals surface area contributed by atoms with Gasteiger partial charge in [0, 0.05) is 37.3 Å². The molecule has 1 aliphatic carbocycles. The quantitative estimate of drug-likeness (QED) is 0.719. The van der Waals surface area contributed by atoms with E-state index in [2.05, 4.69) is 10.3 Å². The summed E-state index contributed by atoms with van der Waals surface area (Å²) in [5.41, 5.74) is 2.66. The molecule has 0 aliphatic heterocycles. The van der Waals surface area contributed by atoms with Crippen molar-refractivity contribution in [3.05, 3.63) is 22.5 Å². The van der Waals surface area contributed by atoms with Crippen molar-refractivity contribution >= 4 is 21.7 Å². The van der Waals surface area contributed by atoms with Gasteiger partial charge in [-0.05, 0) is 31.7 Å². The molecule has 1 heterocycles. The molecule has 0 fully saturated rings. The monoisotopic (exact) mass is 355 g/mol. The smallest absolute Gasteiger partial charge is 0.268 e. The highest BCUT2D eigenvalue weighted by atomic mass is 32.2. The Labute approximate surface area is 142 Å². The van der Waals surface area contributed by atoms with Gasteiger partial charge >= 0.3 is 0 Å². The summed E-state index contributed by atoms with van der Waals surface area (Å²) in [6.45, 7) is 4.73. The topological polar surface area (TPSA) is 99.3 Å². The van der Waals surface area contributed by atoms with Gasteiger partial charge in [0.05, 0.1) is 6.26 Å².